The van der Waals surface area contributed by atoms with Gasteiger partial charge in [0.15, 0.2) is 5.16 Å². The lowest BCUT2D eigenvalue weighted by molar-refractivity contribution is -0.137. The number of benzene rings is 2. The fourth-order valence-electron chi connectivity index (χ4n) is 3.01. The summed E-state index contributed by atoms with van der Waals surface area (Å²) in [6.45, 7) is 0. The number of alkyl halides is 3. The average molecular weight is 455 g/mol. The maximum absolute atomic E-state index is 13.2. The zero-order chi connectivity index (χ0) is 20.6. The average Bonchev–Trinajstić information content (AvgIpc) is 3.15. The van der Waals surface area contributed by atoms with E-state index in [2.05, 4.69) is 4.98 Å². The number of fused-ring (bicyclic) bond motifs is 1. The van der Waals surface area contributed by atoms with Gasteiger partial charge in [0.05, 0.1) is 21.8 Å². The highest BCUT2D eigenvalue weighted by Gasteiger charge is 2.31. The molecular formula is C20H14ClF3N2OS2. The number of thioether (sulfide) groups is 2. The van der Waals surface area contributed by atoms with Crippen LogP contribution >= 0.6 is 35.1 Å². The molecule has 0 saturated carbocycles. The standard InChI is InChI=1S/C20H14ClF3N2OS2/c21-14-5-1-3-12(9-14)11-29-19-25-16-7-8-28-17(16)18(27)26(19)15-6-2-4-13(10-15)20(22,23)24/h1-6,9-10H,7-8,11H2. The van der Waals surface area contributed by atoms with Crippen LogP contribution in [0.25, 0.3) is 5.69 Å². The first-order valence-electron chi connectivity index (χ1n) is 8.66. The first-order valence-corrected chi connectivity index (χ1v) is 11.0. The smallest absolute Gasteiger partial charge is 0.268 e. The summed E-state index contributed by atoms with van der Waals surface area (Å²) < 4.78 is 40.8. The first kappa shape index (κ1) is 20.4. The van der Waals surface area contributed by atoms with Crippen LogP contribution in [0.15, 0.2) is 63.4 Å². The topological polar surface area (TPSA) is 34.9 Å². The summed E-state index contributed by atoms with van der Waals surface area (Å²) in [5.74, 6) is 1.22. The van der Waals surface area contributed by atoms with E-state index in [-0.39, 0.29) is 11.2 Å². The minimum atomic E-state index is -4.49. The Balaban J connectivity index is 1.79. The molecule has 1 aliphatic heterocycles. The van der Waals surface area contributed by atoms with Gasteiger partial charge in [-0.25, -0.2) is 4.98 Å². The summed E-state index contributed by atoms with van der Waals surface area (Å²) in [7, 11) is 0. The molecule has 0 fully saturated rings. The molecule has 2 aromatic carbocycles. The van der Waals surface area contributed by atoms with Gasteiger partial charge < -0.3 is 0 Å². The van der Waals surface area contributed by atoms with Crippen molar-refractivity contribution in [1.82, 2.24) is 9.55 Å². The Morgan fingerprint density at radius 2 is 1.97 bits per heavy atom. The summed E-state index contributed by atoms with van der Waals surface area (Å²) in [4.78, 5) is 18.2. The summed E-state index contributed by atoms with van der Waals surface area (Å²) in [5, 5.41) is 0.965. The molecule has 4 rings (SSSR count). The summed E-state index contributed by atoms with van der Waals surface area (Å²) in [6, 6.07) is 12.1. The molecule has 0 spiro atoms. The maximum atomic E-state index is 13.2. The summed E-state index contributed by atoms with van der Waals surface area (Å²) in [5.41, 5.74) is 0.659. The molecule has 0 N–H and O–H groups in total. The Morgan fingerprint density at radius 3 is 2.72 bits per heavy atom. The lowest BCUT2D eigenvalue weighted by atomic mass is 10.2. The monoisotopic (exact) mass is 454 g/mol. The van der Waals surface area contributed by atoms with Crippen molar-refractivity contribution in [2.45, 2.75) is 28.4 Å². The molecule has 9 heteroatoms. The highest BCUT2D eigenvalue weighted by Crippen LogP contribution is 2.33. The van der Waals surface area contributed by atoms with Crippen LogP contribution in [0.3, 0.4) is 0 Å². The van der Waals surface area contributed by atoms with E-state index < -0.39 is 11.7 Å². The quantitative estimate of drug-likeness (QED) is 0.366. The SMILES string of the molecule is O=c1c2c(nc(SCc3cccc(Cl)c3)n1-c1cccc(C(F)(F)F)c1)CCS2. The van der Waals surface area contributed by atoms with Crippen LogP contribution in [0, 0.1) is 0 Å². The summed E-state index contributed by atoms with van der Waals surface area (Å²) >= 11 is 8.72. The van der Waals surface area contributed by atoms with E-state index in [9.17, 15) is 18.0 Å². The molecular weight excluding hydrogens is 441 g/mol. The van der Waals surface area contributed by atoms with Crippen molar-refractivity contribution < 1.29 is 13.2 Å². The molecule has 3 aromatic rings. The zero-order valence-electron chi connectivity index (χ0n) is 14.9. The summed E-state index contributed by atoms with van der Waals surface area (Å²) in [6.07, 6.45) is -3.82. The predicted octanol–water partition coefficient (Wildman–Crippen LogP) is 5.85. The van der Waals surface area contributed by atoms with Crippen molar-refractivity contribution in [3.63, 3.8) is 0 Å². The lowest BCUT2D eigenvalue weighted by Crippen LogP contribution is -2.24. The van der Waals surface area contributed by atoms with E-state index in [1.54, 1.807) is 6.07 Å². The van der Waals surface area contributed by atoms with Crippen LogP contribution < -0.4 is 5.56 Å². The van der Waals surface area contributed by atoms with Gasteiger partial charge in [-0.2, -0.15) is 13.2 Å². The van der Waals surface area contributed by atoms with E-state index in [1.165, 1.54) is 40.2 Å². The minimum Gasteiger partial charge on any atom is -0.268 e. The molecule has 0 radical (unpaired) electrons. The van der Waals surface area contributed by atoms with Crippen molar-refractivity contribution in [3.05, 3.63) is 80.7 Å². The maximum Gasteiger partial charge on any atom is 0.416 e. The van der Waals surface area contributed by atoms with E-state index in [1.807, 2.05) is 18.2 Å². The predicted molar refractivity (Wildman–Crippen MR) is 110 cm³/mol. The van der Waals surface area contributed by atoms with E-state index in [4.69, 9.17) is 11.6 Å². The third-order valence-corrected chi connectivity index (χ3v) is 6.71. The normalized spacial score (nSPS) is 13.5. The highest BCUT2D eigenvalue weighted by atomic mass is 35.5. The van der Waals surface area contributed by atoms with Gasteiger partial charge in [0.1, 0.15) is 0 Å². The van der Waals surface area contributed by atoms with Crippen LogP contribution in [0.4, 0.5) is 13.2 Å². The lowest BCUT2D eigenvalue weighted by Gasteiger charge is -2.15. The third-order valence-electron chi connectivity index (χ3n) is 4.36. The molecule has 0 atom stereocenters. The van der Waals surface area contributed by atoms with E-state index in [0.717, 1.165) is 23.4 Å². The number of aryl methyl sites for hydroxylation is 1. The van der Waals surface area contributed by atoms with Gasteiger partial charge in [0.2, 0.25) is 0 Å². The number of halogens is 4. The van der Waals surface area contributed by atoms with Crippen LogP contribution in [0.1, 0.15) is 16.8 Å². The van der Waals surface area contributed by atoms with Gasteiger partial charge in [0, 0.05) is 22.9 Å². The van der Waals surface area contributed by atoms with Gasteiger partial charge in [-0.15, -0.1) is 11.8 Å². The third kappa shape index (κ3) is 4.34. The Morgan fingerprint density at radius 1 is 1.17 bits per heavy atom. The van der Waals surface area contributed by atoms with E-state index >= 15 is 0 Å². The minimum absolute atomic E-state index is 0.154. The van der Waals surface area contributed by atoms with Crippen molar-refractivity contribution in [1.29, 1.82) is 0 Å². The van der Waals surface area contributed by atoms with Gasteiger partial charge in [-0.1, -0.05) is 41.6 Å². The number of rotatable bonds is 4. The molecule has 0 aliphatic carbocycles. The fraction of sp³-hybridized carbons (Fsp3) is 0.200. The van der Waals surface area contributed by atoms with E-state index in [0.29, 0.717) is 32.9 Å². The van der Waals surface area contributed by atoms with Gasteiger partial charge in [0.25, 0.3) is 5.56 Å². The second-order valence-corrected chi connectivity index (χ2v) is 8.86. The highest BCUT2D eigenvalue weighted by molar-refractivity contribution is 7.99. The number of aromatic nitrogens is 2. The Bertz CT molecular complexity index is 1130. The number of nitrogens with zero attached hydrogens (tertiary/aromatic N) is 2. The molecule has 150 valence electrons. The van der Waals surface area contributed by atoms with Crippen molar-refractivity contribution in [2.75, 3.05) is 5.75 Å². The van der Waals surface area contributed by atoms with Gasteiger partial charge in [-0.05, 0) is 35.9 Å². The Labute approximate surface area is 178 Å². The molecule has 0 bridgehead atoms. The van der Waals surface area contributed by atoms with Crippen molar-refractivity contribution >= 4 is 35.1 Å². The molecule has 1 aromatic heterocycles. The van der Waals surface area contributed by atoms with Crippen LogP contribution in [0.2, 0.25) is 5.02 Å². The second-order valence-electron chi connectivity index (χ2n) is 6.38. The second kappa shape index (κ2) is 8.08. The largest absolute Gasteiger partial charge is 0.416 e. The Hall–Kier alpha value is -1.90. The first-order chi connectivity index (χ1) is 13.8. The number of hydrogen-bond donors (Lipinski definition) is 0. The molecule has 3 nitrogen and oxygen atoms in total. The molecule has 0 unspecified atom stereocenters. The van der Waals surface area contributed by atoms with Crippen LogP contribution in [-0.2, 0) is 18.3 Å². The van der Waals surface area contributed by atoms with Gasteiger partial charge >= 0.3 is 6.18 Å². The molecule has 0 saturated heterocycles. The van der Waals surface area contributed by atoms with Crippen LogP contribution in [-0.4, -0.2) is 15.3 Å². The van der Waals surface area contributed by atoms with Crippen molar-refractivity contribution in [2.24, 2.45) is 0 Å². The van der Waals surface area contributed by atoms with Gasteiger partial charge in [-0.3, -0.25) is 9.36 Å². The van der Waals surface area contributed by atoms with Crippen LogP contribution in [0.5, 0.6) is 0 Å². The fourth-order valence-corrected chi connectivity index (χ4v) is 5.22. The molecule has 29 heavy (non-hydrogen) atoms. The molecule has 0 amide bonds. The number of hydrogen-bond acceptors (Lipinski definition) is 4. The molecule has 2 heterocycles. The zero-order valence-corrected chi connectivity index (χ0v) is 17.3. The van der Waals surface area contributed by atoms with Crippen molar-refractivity contribution in [3.8, 4) is 5.69 Å². The Kier molecular flexibility index (Phi) is 5.68. The molecule has 1 aliphatic rings.